The Morgan fingerprint density at radius 3 is 2.43 bits per heavy atom. The number of methoxy groups -OCH3 is 1. The van der Waals surface area contributed by atoms with Gasteiger partial charge in [0.05, 0.1) is 17.2 Å². The van der Waals surface area contributed by atoms with Gasteiger partial charge in [-0.2, -0.15) is 0 Å². The zero-order valence-electron chi connectivity index (χ0n) is 13.0. The molecule has 1 aromatic rings. The van der Waals surface area contributed by atoms with Gasteiger partial charge in [0.25, 0.3) is 0 Å². The van der Waals surface area contributed by atoms with Gasteiger partial charge in [-0.05, 0) is 36.5 Å². The van der Waals surface area contributed by atoms with Crippen molar-refractivity contribution in [2.45, 2.75) is 45.7 Å². The van der Waals surface area contributed by atoms with Crippen molar-refractivity contribution in [3.63, 3.8) is 0 Å². The summed E-state index contributed by atoms with van der Waals surface area (Å²) in [6, 6.07) is 5.25. The molecule has 2 unspecified atom stereocenters. The maximum Gasteiger partial charge on any atom is 0.322 e. The lowest BCUT2D eigenvalue weighted by molar-refractivity contribution is -0.143. The molecule has 0 saturated heterocycles. The Kier molecular flexibility index (Phi) is 7.50. The first kappa shape index (κ1) is 18.3. The number of hydrogen-bond donors (Lipinski definition) is 1. The monoisotopic (exact) mass is 331 g/mol. The Labute approximate surface area is 137 Å². The number of carbonyl (C=O) groups excluding carboxylic acids is 1. The second kappa shape index (κ2) is 8.62. The van der Waals surface area contributed by atoms with E-state index in [1.54, 1.807) is 6.07 Å². The molecular weight excluding hydrogens is 309 g/mol. The second-order valence-corrected chi connectivity index (χ2v) is 6.32. The van der Waals surface area contributed by atoms with Crippen molar-refractivity contribution in [3.8, 4) is 0 Å². The standard InChI is InChI=1S/C16H23Cl2NO2/c1-5-14(11-6-7-12(17)13(18)9-11)19-15(8-10(2)3)16(20)21-4/h6-7,9-10,14-15,19H,5,8H2,1-4H3. The molecule has 0 aliphatic carbocycles. The smallest absolute Gasteiger partial charge is 0.322 e. The lowest BCUT2D eigenvalue weighted by Crippen LogP contribution is -2.40. The van der Waals surface area contributed by atoms with E-state index in [0.29, 0.717) is 16.0 Å². The van der Waals surface area contributed by atoms with Gasteiger partial charge in [-0.15, -0.1) is 0 Å². The summed E-state index contributed by atoms with van der Waals surface area (Å²) in [4.78, 5) is 11.9. The van der Waals surface area contributed by atoms with Gasteiger partial charge < -0.3 is 4.74 Å². The molecule has 0 amide bonds. The number of esters is 1. The van der Waals surface area contributed by atoms with E-state index in [9.17, 15) is 4.79 Å². The van der Waals surface area contributed by atoms with Crippen LogP contribution in [0.15, 0.2) is 18.2 Å². The summed E-state index contributed by atoms with van der Waals surface area (Å²) in [6.07, 6.45) is 1.56. The first-order valence-corrected chi connectivity index (χ1v) is 7.93. The molecule has 0 aromatic heterocycles. The number of halogens is 2. The van der Waals surface area contributed by atoms with E-state index in [-0.39, 0.29) is 18.1 Å². The molecule has 3 nitrogen and oxygen atoms in total. The Balaban J connectivity index is 2.91. The van der Waals surface area contributed by atoms with Crippen LogP contribution in [0.2, 0.25) is 10.0 Å². The maximum atomic E-state index is 11.9. The van der Waals surface area contributed by atoms with Gasteiger partial charge in [-0.25, -0.2) is 0 Å². The Morgan fingerprint density at radius 2 is 1.95 bits per heavy atom. The Morgan fingerprint density at radius 1 is 1.29 bits per heavy atom. The van der Waals surface area contributed by atoms with Crippen LogP contribution in [0, 0.1) is 5.92 Å². The van der Waals surface area contributed by atoms with Crippen molar-refractivity contribution in [2.75, 3.05) is 7.11 Å². The van der Waals surface area contributed by atoms with E-state index in [1.807, 2.05) is 12.1 Å². The van der Waals surface area contributed by atoms with E-state index in [4.69, 9.17) is 27.9 Å². The SMILES string of the molecule is CCC(NC(CC(C)C)C(=O)OC)c1ccc(Cl)c(Cl)c1. The first-order chi connectivity index (χ1) is 9.88. The third-order valence-corrected chi connectivity index (χ3v) is 4.09. The number of hydrogen-bond acceptors (Lipinski definition) is 3. The summed E-state index contributed by atoms with van der Waals surface area (Å²) in [7, 11) is 1.41. The highest BCUT2D eigenvalue weighted by Crippen LogP contribution is 2.27. The fraction of sp³-hybridized carbons (Fsp3) is 0.562. The molecule has 0 spiro atoms. The number of rotatable bonds is 7. The molecule has 0 heterocycles. The quantitative estimate of drug-likeness (QED) is 0.740. The van der Waals surface area contributed by atoms with Crippen LogP contribution in [0.4, 0.5) is 0 Å². The highest BCUT2D eigenvalue weighted by molar-refractivity contribution is 6.42. The number of benzene rings is 1. The van der Waals surface area contributed by atoms with Crippen LogP contribution in [-0.2, 0) is 9.53 Å². The topological polar surface area (TPSA) is 38.3 Å². The van der Waals surface area contributed by atoms with E-state index >= 15 is 0 Å². The van der Waals surface area contributed by atoms with Gasteiger partial charge in [0.1, 0.15) is 6.04 Å². The van der Waals surface area contributed by atoms with E-state index in [2.05, 4.69) is 26.1 Å². The van der Waals surface area contributed by atoms with Crippen molar-refractivity contribution in [1.29, 1.82) is 0 Å². The minimum absolute atomic E-state index is 0.0302. The normalized spacial score (nSPS) is 14.0. The summed E-state index contributed by atoms with van der Waals surface area (Å²) < 4.78 is 4.89. The van der Waals surface area contributed by atoms with Gasteiger partial charge in [-0.1, -0.05) is 50.0 Å². The molecule has 21 heavy (non-hydrogen) atoms. The third-order valence-electron chi connectivity index (χ3n) is 3.35. The molecule has 0 aliphatic heterocycles. The van der Waals surface area contributed by atoms with Gasteiger partial charge in [0.2, 0.25) is 0 Å². The summed E-state index contributed by atoms with van der Waals surface area (Å²) in [6.45, 7) is 6.22. The van der Waals surface area contributed by atoms with Gasteiger partial charge in [0, 0.05) is 6.04 Å². The maximum absolute atomic E-state index is 11.9. The second-order valence-electron chi connectivity index (χ2n) is 5.51. The molecule has 118 valence electrons. The fourth-order valence-corrected chi connectivity index (χ4v) is 2.57. The fourth-order valence-electron chi connectivity index (χ4n) is 2.27. The van der Waals surface area contributed by atoms with Crippen LogP contribution in [0.5, 0.6) is 0 Å². The Hall–Kier alpha value is -0.770. The Bertz CT molecular complexity index is 477. The molecule has 1 N–H and O–H groups in total. The predicted molar refractivity (Wildman–Crippen MR) is 87.9 cm³/mol. The zero-order valence-corrected chi connectivity index (χ0v) is 14.5. The largest absolute Gasteiger partial charge is 0.468 e. The van der Waals surface area contributed by atoms with Crippen LogP contribution in [0.1, 0.15) is 45.2 Å². The lowest BCUT2D eigenvalue weighted by Gasteiger charge is -2.25. The molecule has 0 aliphatic rings. The molecule has 1 rings (SSSR count). The number of carbonyl (C=O) groups is 1. The molecule has 2 atom stereocenters. The average molecular weight is 332 g/mol. The summed E-state index contributed by atoms with van der Waals surface area (Å²) >= 11 is 12.0. The molecular formula is C16H23Cl2NO2. The van der Waals surface area contributed by atoms with Crippen molar-refractivity contribution >= 4 is 29.2 Å². The number of nitrogens with one attached hydrogen (secondary N) is 1. The van der Waals surface area contributed by atoms with Crippen molar-refractivity contribution in [2.24, 2.45) is 5.92 Å². The van der Waals surface area contributed by atoms with Gasteiger partial charge in [0.15, 0.2) is 0 Å². The minimum atomic E-state index is -0.325. The molecule has 0 fully saturated rings. The van der Waals surface area contributed by atoms with E-state index in [1.165, 1.54) is 7.11 Å². The number of ether oxygens (including phenoxy) is 1. The third kappa shape index (κ3) is 5.50. The van der Waals surface area contributed by atoms with Crippen LogP contribution in [-0.4, -0.2) is 19.1 Å². The van der Waals surface area contributed by atoms with Gasteiger partial charge >= 0.3 is 5.97 Å². The van der Waals surface area contributed by atoms with E-state index < -0.39 is 0 Å². The van der Waals surface area contributed by atoms with Crippen LogP contribution >= 0.6 is 23.2 Å². The first-order valence-electron chi connectivity index (χ1n) is 7.17. The van der Waals surface area contributed by atoms with Crippen LogP contribution in [0.3, 0.4) is 0 Å². The molecule has 0 radical (unpaired) electrons. The van der Waals surface area contributed by atoms with Crippen molar-refractivity contribution < 1.29 is 9.53 Å². The summed E-state index contributed by atoms with van der Waals surface area (Å²) in [5, 5.41) is 4.42. The van der Waals surface area contributed by atoms with Crippen molar-refractivity contribution in [3.05, 3.63) is 33.8 Å². The highest BCUT2D eigenvalue weighted by Gasteiger charge is 2.24. The average Bonchev–Trinajstić information content (AvgIpc) is 2.45. The van der Waals surface area contributed by atoms with E-state index in [0.717, 1.165) is 18.4 Å². The summed E-state index contributed by atoms with van der Waals surface area (Å²) in [5.74, 6) is 0.162. The molecule has 0 saturated carbocycles. The summed E-state index contributed by atoms with van der Waals surface area (Å²) in [5.41, 5.74) is 1.02. The van der Waals surface area contributed by atoms with Crippen LogP contribution in [0.25, 0.3) is 0 Å². The predicted octanol–water partition coefficient (Wildman–Crippen LogP) is 4.62. The van der Waals surface area contributed by atoms with Gasteiger partial charge in [-0.3, -0.25) is 10.1 Å². The van der Waals surface area contributed by atoms with Crippen LogP contribution < -0.4 is 5.32 Å². The molecule has 5 heteroatoms. The zero-order chi connectivity index (χ0) is 16.0. The molecule has 0 bridgehead atoms. The van der Waals surface area contributed by atoms with Crippen molar-refractivity contribution in [1.82, 2.24) is 5.32 Å². The highest BCUT2D eigenvalue weighted by atomic mass is 35.5. The lowest BCUT2D eigenvalue weighted by atomic mass is 9.99. The minimum Gasteiger partial charge on any atom is -0.468 e. The molecule has 1 aromatic carbocycles.